The summed E-state index contributed by atoms with van der Waals surface area (Å²) in [5, 5.41) is 0. The van der Waals surface area contributed by atoms with E-state index in [4.69, 9.17) is 0 Å². The Kier molecular flexibility index (Phi) is 3.48. The van der Waals surface area contributed by atoms with Gasteiger partial charge < -0.3 is 4.79 Å². The average Bonchev–Trinajstić information content (AvgIpc) is 2.89. The predicted molar refractivity (Wildman–Crippen MR) is 87.4 cm³/mol. The maximum absolute atomic E-state index is 12.4. The topological polar surface area (TPSA) is 34.1 Å². The molecule has 2 aromatic carbocycles. The van der Waals surface area contributed by atoms with Gasteiger partial charge in [0.1, 0.15) is 6.29 Å². The SMILES string of the molecule is CCC([C]=O)(CC)C1(C=O)c2ccccc2-c2ccccc21. The molecule has 0 bridgehead atoms. The van der Waals surface area contributed by atoms with E-state index < -0.39 is 10.8 Å². The molecule has 0 saturated heterocycles. The highest BCUT2D eigenvalue weighted by Gasteiger charge is 2.56. The number of benzene rings is 2. The Morgan fingerprint density at radius 1 is 0.955 bits per heavy atom. The van der Waals surface area contributed by atoms with Crippen LogP contribution in [0.15, 0.2) is 48.5 Å². The number of aldehydes is 1. The second kappa shape index (κ2) is 5.20. The van der Waals surface area contributed by atoms with Crippen molar-refractivity contribution in [1.82, 2.24) is 0 Å². The lowest BCUT2D eigenvalue weighted by molar-refractivity contribution is -0.114. The van der Waals surface area contributed by atoms with Crippen molar-refractivity contribution in [3.63, 3.8) is 0 Å². The van der Waals surface area contributed by atoms with Crippen LogP contribution in [-0.2, 0) is 15.0 Å². The van der Waals surface area contributed by atoms with Gasteiger partial charge in [-0.05, 0) is 35.1 Å². The second-order valence-electron chi connectivity index (χ2n) is 5.91. The molecular formula is C20H19O2. The maximum Gasteiger partial charge on any atom is 0.206 e. The van der Waals surface area contributed by atoms with Gasteiger partial charge in [0.25, 0.3) is 0 Å². The predicted octanol–water partition coefficient (Wildman–Crippen LogP) is 4.07. The van der Waals surface area contributed by atoms with Gasteiger partial charge >= 0.3 is 0 Å². The lowest BCUT2D eigenvalue weighted by atomic mass is 9.57. The molecule has 22 heavy (non-hydrogen) atoms. The molecule has 0 atom stereocenters. The van der Waals surface area contributed by atoms with Crippen molar-refractivity contribution in [2.45, 2.75) is 32.1 Å². The molecule has 0 aromatic heterocycles. The van der Waals surface area contributed by atoms with Crippen molar-refractivity contribution in [2.75, 3.05) is 0 Å². The molecule has 0 saturated carbocycles. The molecule has 0 N–H and O–H groups in total. The molecule has 0 heterocycles. The molecule has 2 aromatic rings. The van der Waals surface area contributed by atoms with Crippen LogP contribution < -0.4 is 0 Å². The fraction of sp³-hybridized carbons (Fsp3) is 0.300. The highest BCUT2D eigenvalue weighted by molar-refractivity contribution is 5.96. The van der Waals surface area contributed by atoms with E-state index >= 15 is 0 Å². The van der Waals surface area contributed by atoms with Gasteiger partial charge in [-0.3, -0.25) is 4.79 Å². The molecular weight excluding hydrogens is 272 g/mol. The highest BCUT2D eigenvalue weighted by atomic mass is 16.1. The van der Waals surface area contributed by atoms with Crippen molar-refractivity contribution in [2.24, 2.45) is 5.41 Å². The molecule has 0 aliphatic heterocycles. The van der Waals surface area contributed by atoms with E-state index in [1.54, 1.807) is 0 Å². The summed E-state index contributed by atoms with van der Waals surface area (Å²) in [6.45, 7) is 3.92. The standard InChI is InChI=1S/C20H19O2/c1-3-19(4-2,13-21)20(14-22)17-11-7-5-9-15(17)16-10-6-8-12-18(16)20/h5-12,14H,3-4H2,1-2H3. The van der Waals surface area contributed by atoms with Gasteiger partial charge in [-0.25, -0.2) is 0 Å². The Labute approximate surface area is 131 Å². The molecule has 0 unspecified atom stereocenters. The van der Waals surface area contributed by atoms with Crippen LogP contribution in [0.2, 0.25) is 0 Å². The van der Waals surface area contributed by atoms with Crippen LogP contribution in [0.1, 0.15) is 37.8 Å². The summed E-state index contributed by atoms with van der Waals surface area (Å²) < 4.78 is 0. The van der Waals surface area contributed by atoms with E-state index in [1.165, 1.54) is 0 Å². The normalized spacial score (nSPS) is 15.0. The third-order valence-corrected chi connectivity index (χ3v) is 5.33. The first-order chi connectivity index (χ1) is 10.7. The largest absolute Gasteiger partial charge is 0.302 e. The summed E-state index contributed by atoms with van der Waals surface area (Å²) in [6, 6.07) is 15.8. The summed E-state index contributed by atoms with van der Waals surface area (Å²) in [7, 11) is 0. The fourth-order valence-electron chi connectivity index (χ4n) is 4.06. The summed E-state index contributed by atoms with van der Waals surface area (Å²) in [5.74, 6) is 0. The first kappa shape index (κ1) is 14.7. The van der Waals surface area contributed by atoms with Crippen LogP contribution in [0.5, 0.6) is 0 Å². The van der Waals surface area contributed by atoms with E-state index in [9.17, 15) is 9.59 Å². The van der Waals surface area contributed by atoms with Gasteiger partial charge in [0.15, 0.2) is 0 Å². The molecule has 0 fully saturated rings. The van der Waals surface area contributed by atoms with Crippen molar-refractivity contribution in [1.29, 1.82) is 0 Å². The molecule has 1 radical (unpaired) electrons. The molecule has 1 aliphatic carbocycles. The van der Waals surface area contributed by atoms with Gasteiger partial charge in [0.2, 0.25) is 6.29 Å². The Balaban J connectivity index is 2.46. The molecule has 1 aliphatic rings. The number of hydrogen-bond acceptors (Lipinski definition) is 2. The summed E-state index contributed by atoms with van der Waals surface area (Å²) >= 11 is 0. The van der Waals surface area contributed by atoms with Gasteiger partial charge in [-0.15, -0.1) is 0 Å². The fourth-order valence-corrected chi connectivity index (χ4v) is 4.06. The summed E-state index contributed by atoms with van der Waals surface area (Å²) in [5.41, 5.74) is 2.18. The van der Waals surface area contributed by atoms with Gasteiger partial charge in [-0.1, -0.05) is 62.4 Å². The van der Waals surface area contributed by atoms with E-state index in [1.807, 2.05) is 62.4 Å². The van der Waals surface area contributed by atoms with Crippen LogP contribution in [0.4, 0.5) is 0 Å². The van der Waals surface area contributed by atoms with E-state index in [-0.39, 0.29) is 0 Å². The zero-order valence-electron chi connectivity index (χ0n) is 12.9. The van der Waals surface area contributed by atoms with Gasteiger partial charge in [-0.2, -0.15) is 0 Å². The van der Waals surface area contributed by atoms with Crippen molar-refractivity contribution >= 4 is 12.6 Å². The van der Waals surface area contributed by atoms with Crippen LogP contribution in [0.3, 0.4) is 0 Å². The molecule has 2 nitrogen and oxygen atoms in total. The number of hydrogen-bond donors (Lipinski definition) is 0. The summed E-state index contributed by atoms with van der Waals surface area (Å²) in [4.78, 5) is 24.4. The maximum atomic E-state index is 12.4. The van der Waals surface area contributed by atoms with E-state index in [2.05, 4.69) is 6.29 Å². The average molecular weight is 291 g/mol. The third-order valence-electron chi connectivity index (χ3n) is 5.33. The Morgan fingerprint density at radius 2 is 1.41 bits per heavy atom. The minimum Gasteiger partial charge on any atom is -0.302 e. The van der Waals surface area contributed by atoms with Gasteiger partial charge in [0, 0.05) is 0 Å². The van der Waals surface area contributed by atoms with E-state index in [0.717, 1.165) is 28.5 Å². The Morgan fingerprint density at radius 3 is 1.77 bits per heavy atom. The van der Waals surface area contributed by atoms with E-state index in [0.29, 0.717) is 12.8 Å². The number of carbonyl (C=O) groups excluding carboxylic acids is 2. The third kappa shape index (κ3) is 1.55. The smallest absolute Gasteiger partial charge is 0.206 e. The van der Waals surface area contributed by atoms with Gasteiger partial charge in [0.05, 0.1) is 10.8 Å². The second-order valence-corrected chi connectivity index (χ2v) is 5.91. The van der Waals surface area contributed by atoms with Crippen LogP contribution in [-0.4, -0.2) is 12.6 Å². The number of rotatable bonds is 5. The molecule has 0 spiro atoms. The lowest BCUT2D eigenvalue weighted by Crippen LogP contribution is -2.47. The molecule has 111 valence electrons. The Hall–Kier alpha value is -2.22. The highest BCUT2D eigenvalue weighted by Crippen LogP contribution is 2.57. The number of carbonyl (C=O) groups is 1. The Bertz CT molecular complexity index is 680. The molecule has 0 amide bonds. The quantitative estimate of drug-likeness (QED) is 0.778. The van der Waals surface area contributed by atoms with Crippen molar-refractivity contribution < 1.29 is 9.59 Å². The monoisotopic (exact) mass is 291 g/mol. The minimum absolute atomic E-state index is 0.578. The zero-order chi connectivity index (χ0) is 15.8. The first-order valence-corrected chi connectivity index (χ1v) is 7.75. The van der Waals surface area contributed by atoms with Crippen LogP contribution in [0.25, 0.3) is 11.1 Å². The van der Waals surface area contributed by atoms with Crippen molar-refractivity contribution in [3.8, 4) is 11.1 Å². The minimum atomic E-state index is -0.939. The first-order valence-electron chi connectivity index (χ1n) is 7.75. The van der Waals surface area contributed by atoms with Crippen LogP contribution in [0, 0.1) is 5.41 Å². The zero-order valence-corrected chi connectivity index (χ0v) is 12.9. The molecule has 3 rings (SSSR count). The van der Waals surface area contributed by atoms with Crippen molar-refractivity contribution in [3.05, 3.63) is 59.7 Å². The van der Waals surface area contributed by atoms with Crippen LogP contribution >= 0.6 is 0 Å². The summed E-state index contributed by atoms with van der Waals surface area (Å²) in [6.07, 6.45) is 4.37. The number of fused-ring (bicyclic) bond motifs is 3. The lowest BCUT2D eigenvalue weighted by Gasteiger charge is -2.41. The molecule has 2 heteroatoms.